The summed E-state index contributed by atoms with van der Waals surface area (Å²) < 4.78 is 5.96. The van der Waals surface area contributed by atoms with Crippen molar-refractivity contribution in [3.8, 4) is 17.7 Å². The van der Waals surface area contributed by atoms with Gasteiger partial charge in [0.05, 0.1) is 17.1 Å². The van der Waals surface area contributed by atoms with E-state index in [0.29, 0.717) is 23.1 Å². The van der Waals surface area contributed by atoms with Crippen molar-refractivity contribution >= 4 is 22.5 Å². The second-order valence-corrected chi connectivity index (χ2v) is 5.96. The van der Waals surface area contributed by atoms with Crippen molar-refractivity contribution in [3.05, 3.63) is 78.1 Å². The van der Waals surface area contributed by atoms with E-state index in [1.54, 1.807) is 36.7 Å². The summed E-state index contributed by atoms with van der Waals surface area (Å²) in [6.07, 6.45) is 3.45. The molecule has 2 aromatic carbocycles. The molecule has 2 heterocycles. The van der Waals surface area contributed by atoms with Crippen LogP contribution in [-0.2, 0) is 0 Å². The number of fused-ring (bicyclic) bond motifs is 1. The van der Waals surface area contributed by atoms with E-state index in [0.717, 1.165) is 22.2 Å². The number of benzene rings is 2. The van der Waals surface area contributed by atoms with Crippen LogP contribution in [0.3, 0.4) is 0 Å². The molecule has 0 spiro atoms. The van der Waals surface area contributed by atoms with Crippen LogP contribution in [0.4, 0.5) is 11.6 Å². The van der Waals surface area contributed by atoms with Crippen molar-refractivity contribution in [1.29, 1.82) is 5.26 Å². The third-order valence-electron chi connectivity index (χ3n) is 3.99. The standard InChI is InChI=1S/C21H15N5O/c1-14-13-24-21(25-17-7-4-15(12-22)5-8-17)26-20(14)27-18-9-6-16-3-2-10-23-19(16)11-18/h2-11,13H,1H3,(H,24,25,26). The van der Waals surface area contributed by atoms with E-state index in [-0.39, 0.29) is 0 Å². The lowest BCUT2D eigenvalue weighted by atomic mass is 10.2. The van der Waals surface area contributed by atoms with E-state index < -0.39 is 0 Å². The second-order valence-electron chi connectivity index (χ2n) is 5.96. The number of nitrogens with zero attached hydrogens (tertiary/aromatic N) is 4. The highest BCUT2D eigenvalue weighted by molar-refractivity contribution is 5.79. The molecule has 27 heavy (non-hydrogen) atoms. The molecule has 0 bridgehead atoms. The maximum atomic E-state index is 8.88. The first-order chi connectivity index (χ1) is 13.2. The van der Waals surface area contributed by atoms with Crippen LogP contribution >= 0.6 is 0 Å². The summed E-state index contributed by atoms with van der Waals surface area (Å²) in [4.78, 5) is 13.1. The van der Waals surface area contributed by atoms with Gasteiger partial charge in [0.1, 0.15) is 5.75 Å². The molecule has 0 saturated carbocycles. The van der Waals surface area contributed by atoms with Crippen LogP contribution in [-0.4, -0.2) is 15.0 Å². The number of hydrogen-bond acceptors (Lipinski definition) is 6. The highest BCUT2D eigenvalue weighted by Gasteiger charge is 2.08. The number of anilines is 2. The molecule has 6 heteroatoms. The molecule has 1 N–H and O–H groups in total. The molecule has 0 aliphatic rings. The lowest BCUT2D eigenvalue weighted by molar-refractivity contribution is 0.459. The summed E-state index contributed by atoms with van der Waals surface area (Å²) in [6, 6.07) is 18.8. The predicted octanol–water partition coefficient (Wildman–Crippen LogP) is 4.74. The topological polar surface area (TPSA) is 83.7 Å². The minimum atomic E-state index is 0.416. The van der Waals surface area contributed by atoms with Crippen molar-refractivity contribution in [2.45, 2.75) is 6.92 Å². The Balaban J connectivity index is 1.58. The second kappa shape index (κ2) is 7.10. The van der Waals surface area contributed by atoms with Crippen LogP contribution in [0.1, 0.15) is 11.1 Å². The van der Waals surface area contributed by atoms with Gasteiger partial charge < -0.3 is 10.1 Å². The Bertz CT molecular complexity index is 1150. The van der Waals surface area contributed by atoms with Crippen molar-refractivity contribution in [1.82, 2.24) is 15.0 Å². The minimum absolute atomic E-state index is 0.416. The van der Waals surface area contributed by atoms with Crippen molar-refractivity contribution in [2.75, 3.05) is 5.32 Å². The summed E-state index contributed by atoms with van der Waals surface area (Å²) >= 11 is 0. The average molecular weight is 353 g/mol. The van der Waals surface area contributed by atoms with E-state index in [2.05, 4.69) is 26.3 Å². The van der Waals surface area contributed by atoms with Gasteiger partial charge in [0.15, 0.2) is 0 Å². The highest BCUT2D eigenvalue weighted by atomic mass is 16.5. The van der Waals surface area contributed by atoms with E-state index in [1.165, 1.54) is 0 Å². The summed E-state index contributed by atoms with van der Waals surface area (Å²) in [7, 11) is 0. The molecule has 0 amide bonds. The van der Waals surface area contributed by atoms with E-state index in [9.17, 15) is 0 Å². The first kappa shape index (κ1) is 16.5. The van der Waals surface area contributed by atoms with Crippen LogP contribution in [0.2, 0.25) is 0 Å². The summed E-state index contributed by atoms with van der Waals surface area (Å²) in [5.74, 6) is 1.54. The molecule has 0 aliphatic carbocycles. The highest BCUT2D eigenvalue weighted by Crippen LogP contribution is 2.26. The van der Waals surface area contributed by atoms with Gasteiger partial charge in [0.25, 0.3) is 0 Å². The molecule has 130 valence electrons. The van der Waals surface area contributed by atoms with E-state index in [1.807, 2.05) is 37.3 Å². The van der Waals surface area contributed by atoms with Gasteiger partial charge >= 0.3 is 0 Å². The number of aryl methyl sites for hydroxylation is 1. The zero-order valence-electron chi connectivity index (χ0n) is 14.5. The smallest absolute Gasteiger partial charge is 0.230 e. The molecule has 0 unspecified atom stereocenters. The van der Waals surface area contributed by atoms with Crippen LogP contribution in [0, 0.1) is 18.3 Å². The van der Waals surface area contributed by atoms with Gasteiger partial charge in [0, 0.05) is 35.1 Å². The Morgan fingerprint density at radius 3 is 2.70 bits per heavy atom. The van der Waals surface area contributed by atoms with Crippen LogP contribution in [0.5, 0.6) is 11.6 Å². The Hall–Kier alpha value is -3.98. The Morgan fingerprint density at radius 2 is 1.89 bits per heavy atom. The number of aromatic nitrogens is 3. The van der Waals surface area contributed by atoms with E-state index >= 15 is 0 Å². The molecule has 6 nitrogen and oxygen atoms in total. The Morgan fingerprint density at radius 1 is 1.04 bits per heavy atom. The monoisotopic (exact) mass is 353 g/mol. The number of ether oxygens (including phenoxy) is 1. The zero-order valence-corrected chi connectivity index (χ0v) is 14.5. The molecule has 4 aromatic rings. The number of rotatable bonds is 4. The summed E-state index contributed by atoms with van der Waals surface area (Å²) in [5.41, 5.74) is 3.07. The van der Waals surface area contributed by atoms with Crippen molar-refractivity contribution in [2.24, 2.45) is 0 Å². The maximum absolute atomic E-state index is 8.88. The predicted molar refractivity (Wildman–Crippen MR) is 103 cm³/mol. The molecular weight excluding hydrogens is 338 g/mol. The van der Waals surface area contributed by atoms with Gasteiger partial charge in [-0.1, -0.05) is 6.07 Å². The zero-order chi connectivity index (χ0) is 18.6. The Kier molecular flexibility index (Phi) is 4.33. The van der Waals surface area contributed by atoms with Gasteiger partial charge in [-0.2, -0.15) is 10.2 Å². The fourth-order valence-corrected chi connectivity index (χ4v) is 2.57. The third kappa shape index (κ3) is 3.67. The molecule has 0 aliphatic heterocycles. The minimum Gasteiger partial charge on any atom is -0.438 e. The number of nitriles is 1. The maximum Gasteiger partial charge on any atom is 0.230 e. The lowest BCUT2D eigenvalue weighted by Crippen LogP contribution is -2.00. The SMILES string of the molecule is Cc1cnc(Nc2ccc(C#N)cc2)nc1Oc1ccc2cccnc2c1. The lowest BCUT2D eigenvalue weighted by Gasteiger charge is -2.10. The van der Waals surface area contributed by atoms with Gasteiger partial charge in [0.2, 0.25) is 11.8 Å². The van der Waals surface area contributed by atoms with Gasteiger partial charge in [-0.3, -0.25) is 4.98 Å². The first-order valence-electron chi connectivity index (χ1n) is 8.35. The molecule has 0 atom stereocenters. The van der Waals surface area contributed by atoms with Crippen LogP contribution in [0.15, 0.2) is 67.0 Å². The summed E-state index contributed by atoms with van der Waals surface area (Å²) in [6.45, 7) is 1.89. The van der Waals surface area contributed by atoms with Gasteiger partial charge in [-0.25, -0.2) is 4.98 Å². The third-order valence-corrected chi connectivity index (χ3v) is 3.99. The quantitative estimate of drug-likeness (QED) is 0.570. The van der Waals surface area contributed by atoms with Crippen molar-refractivity contribution in [3.63, 3.8) is 0 Å². The molecule has 4 rings (SSSR count). The first-order valence-corrected chi connectivity index (χ1v) is 8.35. The number of nitrogens with one attached hydrogen (secondary N) is 1. The van der Waals surface area contributed by atoms with Gasteiger partial charge in [-0.05, 0) is 49.4 Å². The van der Waals surface area contributed by atoms with Crippen molar-refractivity contribution < 1.29 is 4.74 Å². The fraction of sp³-hybridized carbons (Fsp3) is 0.0476. The number of hydrogen-bond donors (Lipinski definition) is 1. The molecule has 0 fully saturated rings. The molecule has 0 saturated heterocycles. The average Bonchev–Trinajstić information content (AvgIpc) is 2.71. The number of pyridine rings is 1. The Labute approximate surface area is 156 Å². The van der Waals surface area contributed by atoms with Crippen LogP contribution in [0.25, 0.3) is 10.9 Å². The van der Waals surface area contributed by atoms with Crippen LogP contribution < -0.4 is 10.1 Å². The fourth-order valence-electron chi connectivity index (χ4n) is 2.57. The summed E-state index contributed by atoms with van der Waals surface area (Å²) in [5, 5.41) is 13.0. The molecule has 2 aromatic heterocycles. The largest absolute Gasteiger partial charge is 0.438 e. The normalized spacial score (nSPS) is 10.4. The van der Waals surface area contributed by atoms with E-state index in [4.69, 9.17) is 10.00 Å². The molecular formula is C21H15N5O. The van der Waals surface area contributed by atoms with Gasteiger partial charge in [-0.15, -0.1) is 0 Å². The molecule has 0 radical (unpaired) electrons.